The zero-order chi connectivity index (χ0) is 30.5. The number of nitrogens with zero attached hydrogens (tertiary/aromatic N) is 4. The summed E-state index contributed by atoms with van der Waals surface area (Å²) in [6.45, 7) is 6.20. The summed E-state index contributed by atoms with van der Waals surface area (Å²) in [4.78, 5) is -0.00201. The number of halogens is 2. The minimum Gasteiger partial charge on any atom is -0.497 e. The first-order valence-electron chi connectivity index (χ1n) is 14.0. The highest BCUT2D eigenvalue weighted by Crippen LogP contribution is 2.41. The van der Waals surface area contributed by atoms with Crippen LogP contribution in [0.5, 0.6) is 11.6 Å². The third kappa shape index (κ3) is 5.92. The van der Waals surface area contributed by atoms with Crippen LogP contribution in [0.2, 0.25) is 0 Å². The molecular formula is C30H33BrFN5O4S2. The Morgan fingerprint density at radius 2 is 1.93 bits per heavy atom. The van der Waals surface area contributed by atoms with E-state index >= 15 is 4.39 Å². The van der Waals surface area contributed by atoms with Gasteiger partial charge >= 0.3 is 0 Å². The van der Waals surface area contributed by atoms with Crippen LogP contribution >= 0.6 is 27.5 Å². The van der Waals surface area contributed by atoms with E-state index in [-0.39, 0.29) is 46.8 Å². The van der Waals surface area contributed by atoms with Crippen molar-refractivity contribution in [3.63, 3.8) is 0 Å². The van der Waals surface area contributed by atoms with Gasteiger partial charge in [0, 0.05) is 36.0 Å². The molecule has 2 aromatic carbocycles. The molecule has 1 aliphatic heterocycles. The molecule has 13 heteroatoms. The van der Waals surface area contributed by atoms with Gasteiger partial charge in [0.05, 0.1) is 33.4 Å². The number of benzene rings is 2. The summed E-state index contributed by atoms with van der Waals surface area (Å²) in [5.74, 6) is 1.55. The van der Waals surface area contributed by atoms with Gasteiger partial charge in [0.25, 0.3) is 0 Å². The van der Waals surface area contributed by atoms with E-state index in [2.05, 4.69) is 25.6 Å². The standard InChI is InChI=1S/C30H33BrFN5O4S2/c1-30(2,3)37-27(14-25(34-37)19-7-10-21(13-19)41-29-23(31)17-42-35-29)33-24-11-12-26-22(28(24)32)16-36(43(26,38)39)15-18-5-8-20(40-4)9-6-18/h5-6,8-9,11-12,14,17,19,21,33H,7,10,13,15-16H2,1-4H3/t19-,21+/m0/s1. The molecule has 6 rings (SSSR count). The first kappa shape index (κ1) is 30.0. The van der Waals surface area contributed by atoms with Gasteiger partial charge in [-0.05, 0) is 97.3 Å². The first-order valence-corrected chi connectivity index (χ1v) is 17.1. The molecule has 0 radical (unpaired) electrons. The summed E-state index contributed by atoms with van der Waals surface area (Å²) >= 11 is 4.83. The number of rotatable bonds is 8. The van der Waals surface area contributed by atoms with E-state index in [0.29, 0.717) is 17.4 Å². The Balaban J connectivity index is 1.23. The normalized spacial score (nSPS) is 19.9. The van der Waals surface area contributed by atoms with Crippen molar-refractivity contribution in [2.45, 2.75) is 75.6 Å². The maximum atomic E-state index is 16.0. The number of ether oxygens (including phenoxy) is 2. The summed E-state index contributed by atoms with van der Waals surface area (Å²) in [5.41, 5.74) is 1.68. The van der Waals surface area contributed by atoms with Crippen molar-refractivity contribution in [3.8, 4) is 11.6 Å². The highest BCUT2D eigenvalue weighted by atomic mass is 79.9. The molecule has 1 fully saturated rings. The Kier molecular flexibility index (Phi) is 8.03. The molecule has 1 saturated carbocycles. The van der Waals surface area contributed by atoms with Crippen LogP contribution in [0.15, 0.2) is 57.2 Å². The van der Waals surface area contributed by atoms with Crippen LogP contribution in [-0.4, -0.2) is 40.1 Å². The van der Waals surface area contributed by atoms with E-state index in [4.69, 9.17) is 14.6 Å². The molecule has 0 spiro atoms. The van der Waals surface area contributed by atoms with E-state index in [9.17, 15) is 8.42 Å². The fourth-order valence-corrected chi connectivity index (χ4v) is 8.30. The minimum absolute atomic E-state index is 0.00201. The Morgan fingerprint density at radius 3 is 2.60 bits per heavy atom. The lowest BCUT2D eigenvalue weighted by molar-refractivity contribution is 0.200. The molecule has 2 atom stereocenters. The van der Waals surface area contributed by atoms with Gasteiger partial charge in [-0.25, -0.2) is 17.5 Å². The molecule has 3 heterocycles. The van der Waals surface area contributed by atoms with Crippen LogP contribution in [0.4, 0.5) is 15.9 Å². The van der Waals surface area contributed by atoms with Crippen molar-refractivity contribution in [3.05, 3.63) is 75.0 Å². The highest BCUT2D eigenvalue weighted by molar-refractivity contribution is 9.10. The molecule has 0 amide bonds. The molecule has 228 valence electrons. The molecule has 9 nitrogen and oxygen atoms in total. The smallest absolute Gasteiger partial charge is 0.244 e. The predicted molar refractivity (Wildman–Crippen MR) is 167 cm³/mol. The van der Waals surface area contributed by atoms with Gasteiger partial charge in [-0.15, -0.1) is 0 Å². The maximum Gasteiger partial charge on any atom is 0.244 e. The van der Waals surface area contributed by atoms with Crippen LogP contribution in [0, 0.1) is 5.82 Å². The number of sulfonamides is 1. The number of fused-ring (bicyclic) bond motifs is 1. The quantitative estimate of drug-likeness (QED) is 0.209. The second-order valence-corrected chi connectivity index (χ2v) is 15.3. The lowest BCUT2D eigenvalue weighted by Crippen LogP contribution is -2.25. The fraction of sp³-hybridized carbons (Fsp3) is 0.400. The molecule has 2 aromatic heterocycles. The van der Waals surface area contributed by atoms with E-state index in [1.54, 1.807) is 19.2 Å². The summed E-state index contributed by atoms with van der Waals surface area (Å²) in [7, 11) is -2.27. The van der Waals surface area contributed by atoms with Crippen molar-refractivity contribution in [2.24, 2.45) is 0 Å². The topological polar surface area (TPSA) is 98.6 Å². The number of methoxy groups -OCH3 is 1. The van der Waals surface area contributed by atoms with Crippen LogP contribution in [0.3, 0.4) is 0 Å². The Labute approximate surface area is 263 Å². The van der Waals surface area contributed by atoms with Crippen molar-refractivity contribution in [1.29, 1.82) is 0 Å². The lowest BCUT2D eigenvalue weighted by Gasteiger charge is -2.23. The first-order chi connectivity index (χ1) is 20.4. The van der Waals surface area contributed by atoms with Crippen molar-refractivity contribution >= 4 is 49.0 Å². The molecular weight excluding hydrogens is 657 g/mol. The van der Waals surface area contributed by atoms with Gasteiger partial charge in [-0.2, -0.15) is 13.8 Å². The molecule has 4 aromatic rings. The second kappa shape index (κ2) is 11.5. The van der Waals surface area contributed by atoms with Crippen LogP contribution in [0.25, 0.3) is 0 Å². The molecule has 1 N–H and O–H groups in total. The summed E-state index contributed by atoms with van der Waals surface area (Å²) in [6, 6.07) is 12.1. The molecule has 0 bridgehead atoms. The van der Waals surface area contributed by atoms with Crippen LogP contribution in [-0.2, 0) is 28.7 Å². The highest BCUT2D eigenvalue weighted by Gasteiger charge is 2.38. The van der Waals surface area contributed by atoms with Gasteiger partial charge in [-0.1, -0.05) is 12.1 Å². The van der Waals surface area contributed by atoms with Gasteiger partial charge in [-0.3, -0.25) is 0 Å². The number of anilines is 2. The van der Waals surface area contributed by atoms with Crippen LogP contribution in [0.1, 0.15) is 62.8 Å². The molecule has 43 heavy (non-hydrogen) atoms. The van der Waals surface area contributed by atoms with Crippen molar-refractivity contribution in [2.75, 3.05) is 12.4 Å². The Bertz CT molecular complexity index is 1750. The van der Waals surface area contributed by atoms with Crippen molar-refractivity contribution < 1.29 is 22.3 Å². The predicted octanol–water partition coefficient (Wildman–Crippen LogP) is 7.17. The SMILES string of the molecule is COc1ccc(CN2Cc3c(ccc(Nc4cc([C@H]5CC[C@@H](Oc6nscc6Br)C5)nn4C(C)(C)C)c3F)S2(=O)=O)cc1. The van der Waals surface area contributed by atoms with Gasteiger partial charge in [0.15, 0.2) is 5.82 Å². The number of hydrogen-bond donors (Lipinski definition) is 1. The monoisotopic (exact) mass is 689 g/mol. The second-order valence-electron chi connectivity index (χ2n) is 11.9. The third-order valence-electron chi connectivity index (χ3n) is 7.87. The largest absolute Gasteiger partial charge is 0.497 e. The molecule has 1 aliphatic carbocycles. The minimum atomic E-state index is -3.84. The zero-order valence-electron chi connectivity index (χ0n) is 24.3. The van der Waals surface area contributed by atoms with Gasteiger partial charge < -0.3 is 14.8 Å². The zero-order valence-corrected chi connectivity index (χ0v) is 27.5. The maximum absolute atomic E-state index is 16.0. The number of hydrogen-bond acceptors (Lipinski definition) is 8. The van der Waals surface area contributed by atoms with E-state index in [1.807, 2.05) is 49.0 Å². The van der Waals surface area contributed by atoms with Gasteiger partial charge in [0.2, 0.25) is 15.9 Å². The van der Waals surface area contributed by atoms with E-state index in [1.165, 1.54) is 28.0 Å². The van der Waals surface area contributed by atoms with E-state index < -0.39 is 15.8 Å². The average Bonchev–Trinajstić information content (AvgIpc) is 3.74. The fourth-order valence-electron chi connectivity index (χ4n) is 5.67. The number of nitrogens with one attached hydrogen (secondary N) is 1. The van der Waals surface area contributed by atoms with Crippen LogP contribution < -0.4 is 14.8 Å². The lowest BCUT2D eigenvalue weighted by atomic mass is 10.0. The number of aromatic nitrogens is 3. The average molecular weight is 691 g/mol. The summed E-state index contributed by atoms with van der Waals surface area (Å²) in [5, 5.41) is 10.1. The Hall–Kier alpha value is -3.00. The van der Waals surface area contributed by atoms with Crippen molar-refractivity contribution in [1.82, 2.24) is 18.5 Å². The molecule has 2 aliphatic rings. The third-order valence-corrected chi connectivity index (χ3v) is 11.2. The van der Waals surface area contributed by atoms with Gasteiger partial charge in [0.1, 0.15) is 17.7 Å². The Morgan fingerprint density at radius 1 is 1.16 bits per heavy atom. The van der Waals surface area contributed by atoms with E-state index in [0.717, 1.165) is 35.0 Å². The summed E-state index contributed by atoms with van der Waals surface area (Å²) in [6.07, 6.45) is 2.65. The molecule has 0 saturated heterocycles. The molecule has 0 unspecified atom stereocenters. The summed E-state index contributed by atoms with van der Waals surface area (Å²) < 4.78 is 62.2.